The fourth-order valence-corrected chi connectivity index (χ4v) is 1.23. The van der Waals surface area contributed by atoms with Gasteiger partial charge < -0.3 is 16.0 Å². The second kappa shape index (κ2) is 5.03. The van der Waals surface area contributed by atoms with Gasteiger partial charge in [-0.15, -0.1) is 0 Å². The molecule has 0 aliphatic heterocycles. The van der Waals surface area contributed by atoms with Crippen LogP contribution in [0.2, 0.25) is 0 Å². The summed E-state index contributed by atoms with van der Waals surface area (Å²) in [6, 6.07) is 3.29. The quantitative estimate of drug-likeness (QED) is 0.812. The van der Waals surface area contributed by atoms with Crippen molar-refractivity contribution in [3.8, 4) is 0 Å². The number of carbonyl (C=O) groups excluding carboxylic acids is 2. The van der Waals surface area contributed by atoms with Crippen molar-refractivity contribution < 1.29 is 9.59 Å². The van der Waals surface area contributed by atoms with Gasteiger partial charge in [0.1, 0.15) is 11.4 Å². The molecule has 0 unspecified atom stereocenters. The van der Waals surface area contributed by atoms with E-state index in [1.54, 1.807) is 40.1 Å². The minimum absolute atomic E-state index is 0.122. The van der Waals surface area contributed by atoms with E-state index in [1.165, 1.54) is 11.1 Å². The molecule has 98 valence electrons. The van der Waals surface area contributed by atoms with Crippen molar-refractivity contribution in [2.24, 2.45) is 5.73 Å². The molecule has 2 amide bonds. The van der Waals surface area contributed by atoms with E-state index in [1.807, 2.05) is 0 Å². The molecule has 1 rings (SSSR count). The molecule has 1 aromatic heterocycles. The van der Waals surface area contributed by atoms with Crippen LogP contribution >= 0.6 is 0 Å². The Balaban J connectivity index is 2.84. The molecule has 0 radical (unpaired) electrons. The first-order valence-electron chi connectivity index (χ1n) is 5.50. The lowest BCUT2D eigenvalue weighted by Gasteiger charge is -2.22. The lowest BCUT2D eigenvalue weighted by atomic mass is 10.1. The zero-order chi connectivity index (χ0) is 13.9. The molecule has 0 saturated carbocycles. The second-order valence-electron chi connectivity index (χ2n) is 4.75. The molecule has 1 aromatic rings. The average Bonchev–Trinajstić information content (AvgIpc) is 2.28. The Hall–Kier alpha value is -2.11. The van der Waals surface area contributed by atoms with Gasteiger partial charge >= 0.3 is 0 Å². The number of pyridine rings is 1. The number of amides is 2. The summed E-state index contributed by atoms with van der Waals surface area (Å²) in [7, 11) is 3.34. The van der Waals surface area contributed by atoms with Gasteiger partial charge in [-0.3, -0.25) is 9.59 Å². The zero-order valence-electron chi connectivity index (χ0n) is 11.0. The van der Waals surface area contributed by atoms with Crippen molar-refractivity contribution in [1.82, 2.24) is 9.88 Å². The summed E-state index contributed by atoms with van der Waals surface area (Å²) < 4.78 is 0. The van der Waals surface area contributed by atoms with Crippen LogP contribution < -0.4 is 11.1 Å². The summed E-state index contributed by atoms with van der Waals surface area (Å²) in [5.74, 6) is -0.102. The standard InChI is InChI=1S/C12H18N4O2/c1-12(2,11(13)18)15-9-6-5-8(7-14-9)10(17)16(3)4/h5-7H,1-4H3,(H2,13,18)(H,14,15). The van der Waals surface area contributed by atoms with Crippen molar-refractivity contribution in [2.45, 2.75) is 19.4 Å². The average molecular weight is 250 g/mol. The van der Waals surface area contributed by atoms with Gasteiger partial charge in [0.15, 0.2) is 0 Å². The Labute approximate surface area is 106 Å². The van der Waals surface area contributed by atoms with E-state index in [4.69, 9.17) is 5.73 Å². The number of primary amides is 1. The molecule has 18 heavy (non-hydrogen) atoms. The molecular formula is C12H18N4O2. The molecule has 0 aliphatic carbocycles. The highest BCUT2D eigenvalue weighted by Crippen LogP contribution is 2.13. The third-order valence-corrected chi connectivity index (χ3v) is 2.47. The van der Waals surface area contributed by atoms with E-state index in [-0.39, 0.29) is 5.91 Å². The van der Waals surface area contributed by atoms with Crippen LogP contribution in [0.5, 0.6) is 0 Å². The summed E-state index contributed by atoms with van der Waals surface area (Å²) in [6.07, 6.45) is 1.46. The van der Waals surface area contributed by atoms with Gasteiger partial charge in [0.2, 0.25) is 5.91 Å². The Morgan fingerprint density at radius 2 is 1.94 bits per heavy atom. The molecule has 0 bridgehead atoms. The van der Waals surface area contributed by atoms with Crippen LogP contribution in [0.1, 0.15) is 24.2 Å². The number of nitrogens with one attached hydrogen (secondary N) is 1. The van der Waals surface area contributed by atoms with Crippen LogP contribution in [0.15, 0.2) is 18.3 Å². The monoisotopic (exact) mass is 250 g/mol. The largest absolute Gasteiger partial charge is 0.368 e. The van der Waals surface area contributed by atoms with Gasteiger partial charge in [0.25, 0.3) is 5.91 Å². The first-order valence-corrected chi connectivity index (χ1v) is 5.50. The third-order valence-electron chi connectivity index (χ3n) is 2.47. The molecular weight excluding hydrogens is 232 g/mol. The minimum atomic E-state index is -0.889. The lowest BCUT2D eigenvalue weighted by molar-refractivity contribution is -0.121. The third kappa shape index (κ3) is 3.19. The van der Waals surface area contributed by atoms with Crippen LogP contribution in [0.25, 0.3) is 0 Å². The van der Waals surface area contributed by atoms with Crippen molar-refractivity contribution >= 4 is 17.6 Å². The first-order chi connectivity index (χ1) is 8.24. The SMILES string of the molecule is CN(C)C(=O)c1ccc(NC(C)(C)C(N)=O)nc1. The maximum atomic E-state index is 11.6. The Morgan fingerprint density at radius 3 is 2.33 bits per heavy atom. The summed E-state index contributed by atoms with van der Waals surface area (Å²) >= 11 is 0. The molecule has 0 aromatic carbocycles. The smallest absolute Gasteiger partial charge is 0.254 e. The van der Waals surface area contributed by atoms with Crippen molar-refractivity contribution in [3.05, 3.63) is 23.9 Å². The molecule has 0 aliphatic rings. The van der Waals surface area contributed by atoms with Gasteiger partial charge in [-0.05, 0) is 26.0 Å². The van der Waals surface area contributed by atoms with E-state index in [0.29, 0.717) is 11.4 Å². The van der Waals surface area contributed by atoms with Crippen molar-refractivity contribution in [2.75, 3.05) is 19.4 Å². The second-order valence-corrected chi connectivity index (χ2v) is 4.75. The fourth-order valence-electron chi connectivity index (χ4n) is 1.23. The molecule has 0 atom stereocenters. The molecule has 0 saturated heterocycles. The van der Waals surface area contributed by atoms with Crippen molar-refractivity contribution in [1.29, 1.82) is 0 Å². The first kappa shape index (κ1) is 14.0. The molecule has 0 spiro atoms. The van der Waals surface area contributed by atoms with E-state index in [0.717, 1.165) is 0 Å². The number of hydrogen-bond donors (Lipinski definition) is 2. The van der Waals surface area contributed by atoms with Crippen LogP contribution in [0, 0.1) is 0 Å². The van der Waals surface area contributed by atoms with E-state index in [2.05, 4.69) is 10.3 Å². The van der Waals surface area contributed by atoms with Crippen molar-refractivity contribution in [3.63, 3.8) is 0 Å². The highest BCUT2D eigenvalue weighted by Gasteiger charge is 2.24. The van der Waals surface area contributed by atoms with E-state index >= 15 is 0 Å². The number of carbonyl (C=O) groups is 2. The summed E-state index contributed by atoms with van der Waals surface area (Å²) in [5.41, 5.74) is 4.85. The highest BCUT2D eigenvalue weighted by molar-refractivity contribution is 5.93. The fraction of sp³-hybridized carbons (Fsp3) is 0.417. The maximum absolute atomic E-state index is 11.6. The van der Waals surface area contributed by atoms with E-state index < -0.39 is 11.4 Å². The number of nitrogens with zero attached hydrogens (tertiary/aromatic N) is 2. The van der Waals surface area contributed by atoms with Crippen LogP contribution in [0.3, 0.4) is 0 Å². The topological polar surface area (TPSA) is 88.3 Å². The maximum Gasteiger partial charge on any atom is 0.254 e. The van der Waals surface area contributed by atoms with Gasteiger partial charge in [-0.2, -0.15) is 0 Å². The predicted octanol–water partition coefficient (Wildman–Crippen LogP) is 0.459. The summed E-state index contributed by atoms with van der Waals surface area (Å²) in [6.45, 7) is 3.33. The number of nitrogens with two attached hydrogens (primary N) is 1. The molecule has 3 N–H and O–H groups in total. The van der Waals surface area contributed by atoms with Crippen LogP contribution in [-0.4, -0.2) is 41.3 Å². The summed E-state index contributed by atoms with van der Waals surface area (Å²) in [5, 5.41) is 2.90. The number of anilines is 1. The molecule has 6 heteroatoms. The Morgan fingerprint density at radius 1 is 1.33 bits per heavy atom. The highest BCUT2D eigenvalue weighted by atomic mass is 16.2. The molecule has 6 nitrogen and oxygen atoms in total. The molecule has 0 fully saturated rings. The number of aromatic nitrogens is 1. The Bertz CT molecular complexity index is 452. The Kier molecular flexibility index (Phi) is 3.90. The van der Waals surface area contributed by atoms with E-state index in [9.17, 15) is 9.59 Å². The van der Waals surface area contributed by atoms with Crippen LogP contribution in [0.4, 0.5) is 5.82 Å². The number of rotatable bonds is 4. The van der Waals surface area contributed by atoms with Crippen LogP contribution in [-0.2, 0) is 4.79 Å². The zero-order valence-corrected chi connectivity index (χ0v) is 11.0. The normalized spacial score (nSPS) is 10.9. The summed E-state index contributed by atoms with van der Waals surface area (Å²) in [4.78, 5) is 28.4. The van der Waals surface area contributed by atoms with Gasteiger partial charge in [-0.25, -0.2) is 4.98 Å². The van der Waals surface area contributed by atoms with Gasteiger partial charge in [-0.1, -0.05) is 0 Å². The minimum Gasteiger partial charge on any atom is -0.368 e. The van der Waals surface area contributed by atoms with Gasteiger partial charge in [0, 0.05) is 20.3 Å². The number of hydrogen-bond acceptors (Lipinski definition) is 4. The predicted molar refractivity (Wildman–Crippen MR) is 69.2 cm³/mol. The molecule has 1 heterocycles. The lowest BCUT2D eigenvalue weighted by Crippen LogP contribution is -2.45. The van der Waals surface area contributed by atoms with Gasteiger partial charge in [0.05, 0.1) is 5.56 Å².